The molecule has 0 aliphatic rings. The van der Waals surface area contributed by atoms with Crippen molar-refractivity contribution >= 4 is 12.0 Å². The molecule has 0 aliphatic heterocycles. The zero-order valence-electron chi connectivity index (χ0n) is 13.3. The number of hydrogen-bond donors (Lipinski definition) is 0. The van der Waals surface area contributed by atoms with Gasteiger partial charge in [-0.1, -0.05) is 38.8 Å². The number of rotatable bonds is 9. The summed E-state index contributed by atoms with van der Waals surface area (Å²) in [5.41, 5.74) is 0.949. The van der Waals surface area contributed by atoms with E-state index in [2.05, 4.69) is 13.8 Å². The lowest BCUT2D eigenvalue weighted by Gasteiger charge is -2.07. The Hall–Kier alpha value is -1.77. The summed E-state index contributed by atoms with van der Waals surface area (Å²) in [5, 5.41) is 0. The highest BCUT2D eigenvalue weighted by atomic mass is 16.5. The average Bonchev–Trinajstić information content (AvgIpc) is 2.52. The highest BCUT2D eigenvalue weighted by Gasteiger charge is 2.00. The predicted octanol–water partition coefficient (Wildman–Crippen LogP) is 4.47. The third kappa shape index (κ3) is 7.54. The molecule has 1 atom stereocenters. The summed E-state index contributed by atoms with van der Waals surface area (Å²) in [7, 11) is 1.63. The molecule has 0 heterocycles. The summed E-state index contributed by atoms with van der Waals surface area (Å²) in [6.45, 7) is 4.96. The van der Waals surface area contributed by atoms with Crippen LogP contribution in [0, 0.1) is 5.92 Å². The maximum atomic E-state index is 11.6. The van der Waals surface area contributed by atoms with Crippen molar-refractivity contribution in [1.82, 2.24) is 0 Å². The van der Waals surface area contributed by atoms with Crippen LogP contribution in [0.25, 0.3) is 6.08 Å². The minimum atomic E-state index is -0.283. The molecule has 1 rings (SSSR count). The number of carbonyl (C=O) groups excluding carboxylic acids is 1. The molecule has 0 amide bonds. The molecule has 0 spiro atoms. The second-order valence-electron chi connectivity index (χ2n) is 5.28. The first-order valence-corrected chi connectivity index (χ1v) is 7.64. The van der Waals surface area contributed by atoms with E-state index in [9.17, 15) is 4.79 Å². The van der Waals surface area contributed by atoms with Crippen molar-refractivity contribution in [2.45, 2.75) is 39.5 Å². The molecule has 1 aromatic rings. The summed E-state index contributed by atoms with van der Waals surface area (Å²) < 4.78 is 10.3. The number of methoxy groups -OCH3 is 1. The molecular weight excluding hydrogens is 264 g/mol. The maximum Gasteiger partial charge on any atom is 0.330 e. The van der Waals surface area contributed by atoms with Crippen LogP contribution in [-0.2, 0) is 9.53 Å². The average molecular weight is 290 g/mol. The molecule has 0 aliphatic carbocycles. The van der Waals surface area contributed by atoms with Gasteiger partial charge in [0.1, 0.15) is 5.75 Å². The van der Waals surface area contributed by atoms with Crippen LogP contribution >= 0.6 is 0 Å². The summed E-state index contributed by atoms with van der Waals surface area (Å²) >= 11 is 0. The van der Waals surface area contributed by atoms with Gasteiger partial charge in [-0.2, -0.15) is 0 Å². The van der Waals surface area contributed by atoms with E-state index < -0.39 is 0 Å². The molecule has 0 fully saturated rings. The van der Waals surface area contributed by atoms with Gasteiger partial charge >= 0.3 is 5.97 Å². The molecule has 1 aromatic carbocycles. The van der Waals surface area contributed by atoms with Gasteiger partial charge in [0.25, 0.3) is 0 Å². The summed E-state index contributed by atoms with van der Waals surface area (Å²) in [6.07, 6.45) is 7.69. The molecule has 0 saturated carbocycles. The van der Waals surface area contributed by atoms with E-state index in [1.807, 2.05) is 24.3 Å². The molecule has 0 N–H and O–H groups in total. The monoisotopic (exact) mass is 290 g/mol. The smallest absolute Gasteiger partial charge is 0.330 e. The maximum absolute atomic E-state index is 11.6. The number of ether oxygens (including phenoxy) is 2. The van der Waals surface area contributed by atoms with E-state index in [0.29, 0.717) is 6.61 Å². The Balaban J connectivity index is 2.21. The lowest BCUT2D eigenvalue weighted by molar-refractivity contribution is -0.137. The van der Waals surface area contributed by atoms with Gasteiger partial charge in [-0.25, -0.2) is 4.79 Å². The Morgan fingerprint density at radius 1 is 1.24 bits per heavy atom. The minimum absolute atomic E-state index is 0.283. The quantitative estimate of drug-likeness (QED) is 0.382. The first-order valence-electron chi connectivity index (χ1n) is 7.64. The molecule has 116 valence electrons. The van der Waals surface area contributed by atoms with E-state index in [0.717, 1.165) is 30.1 Å². The second kappa shape index (κ2) is 10.0. The number of benzene rings is 1. The standard InChI is InChI=1S/C18H26O3/c1-4-15(2)7-5-6-14-21-18(19)13-10-16-8-11-17(20-3)12-9-16/h8-13,15H,4-7,14H2,1-3H3. The van der Waals surface area contributed by atoms with Crippen molar-refractivity contribution < 1.29 is 14.3 Å². The molecule has 1 unspecified atom stereocenters. The molecule has 3 heteroatoms. The highest BCUT2D eigenvalue weighted by Crippen LogP contribution is 2.13. The van der Waals surface area contributed by atoms with Crippen LogP contribution in [0.3, 0.4) is 0 Å². The van der Waals surface area contributed by atoms with Crippen LogP contribution in [0.15, 0.2) is 30.3 Å². The zero-order chi connectivity index (χ0) is 15.5. The molecule has 0 aromatic heterocycles. The molecular formula is C18H26O3. The number of unbranched alkanes of at least 4 members (excludes halogenated alkanes) is 1. The van der Waals surface area contributed by atoms with Gasteiger partial charge in [0.2, 0.25) is 0 Å². The van der Waals surface area contributed by atoms with Crippen molar-refractivity contribution in [3.05, 3.63) is 35.9 Å². The van der Waals surface area contributed by atoms with E-state index in [4.69, 9.17) is 9.47 Å². The SMILES string of the molecule is CCC(C)CCCCOC(=O)C=Cc1ccc(OC)cc1. The van der Waals surface area contributed by atoms with Gasteiger partial charge < -0.3 is 9.47 Å². The first-order chi connectivity index (χ1) is 10.2. The summed E-state index contributed by atoms with van der Waals surface area (Å²) in [5.74, 6) is 1.28. The van der Waals surface area contributed by atoms with Crippen LogP contribution in [0.4, 0.5) is 0 Å². The third-order valence-electron chi connectivity index (χ3n) is 3.56. The van der Waals surface area contributed by atoms with Crippen molar-refractivity contribution in [3.8, 4) is 5.75 Å². The topological polar surface area (TPSA) is 35.5 Å². The van der Waals surface area contributed by atoms with Gasteiger partial charge in [0.05, 0.1) is 13.7 Å². The molecule has 3 nitrogen and oxygen atoms in total. The number of esters is 1. The second-order valence-corrected chi connectivity index (χ2v) is 5.28. The summed E-state index contributed by atoms with van der Waals surface area (Å²) in [4.78, 5) is 11.6. The van der Waals surface area contributed by atoms with Gasteiger partial charge in [0, 0.05) is 6.08 Å². The van der Waals surface area contributed by atoms with E-state index in [1.54, 1.807) is 13.2 Å². The van der Waals surface area contributed by atoms with Crippen LogP contribution in [0.5, 0.6) is 5.75 Å². The fourth-order valence-electron chi connectivity index (χ4n) is 1.90. The molecule has 0 bridgehead atoms. The van der Waals surface area contributed by atoms with Gasteiger partial charge in [-0.15, -0.1) is 0 Å². The zero-order valence-corrected chi connectivity index (χ0v) is 13.3. The Morgan fingerprint density at radius 3 is 2.57 bits per heavy atom. The van der Waals surface area contributed by atoms with E-state index in [-0.39, 0.29) is 5.97 Å². The third-order valence-corrected chi connectivity index (χ3v) is 3.56. The Labute approximate surface area is 128 Å². The van der Waals surface area contributed by atoms with Crippen LogP contribution < -0.4 is 4.74 Å². The number of hydrogen-bond acceptors (Lipinski definition) is 3. The van der Waals surface area contributed by atoms with Gasteiger partial charge in [-0.05, 0) is 42.5 Å². The lowest BCUT2D eigenvalue weighted by Crippen LogP contribution is -2.03. The fraction of sp³-hybridized carbons (Fsp3) is 0.500. The van der Waals surface area contributed by atoms with Gasteiger partial charge in [0.15, 0.2) is 0 Å². The Morgan fingerprint density at radius 2 is 1.95 bits per heavy atom. The minimum Gasteiger partial charge on any atom is -0.497 e. The molecule has 21 heavy (non-hydrogen) atoms. The van der Waals surface area contributed by atoms with Crippen molar-refractivity contribution in [2.75, 3.05) is 13.7 Å². The van der Waals surface area contributed by atoms with Crippen molar-refractivity contribution in [3.63, 3.8) is 0 Å². The van der Waals surface area contributed by atoms with Crippen molar-refractivity contribution in [1.29, 1.82) is 0 Å². The van der Waals surface area contributed by atoms with E-state index >= 15 is 0 Å². The van der Waals surface area contributed by atoms with Crippen LogP contribution in [0.2, 0.25) is 0 Å². The van der Waals surface area contributed by atoms with Crippen molar-refractivity contribution in [2.24, 2.45) is 5.92 Å². The fourth-order valence-corrected chi connectivity index (χ4v) is 1.90. The highest BCUT2D eigenvalue weighted by molar-refractivity contribution is 5.87. The van der Waals surface area contributed by atoms with Crippen LogP contribution in [-0.4, -0.2) is 19.7 Å². The predicted molar refractivity (Wildman–Crippen MR) is 86.3 cm³/mol. The molecule has 0 saturated heterocycles. The summed E-state index contributed by atoms with van der Waals surface area (Å²) in [6, 6.07) is 7.52. The molecule has 0 radical (unpaired) electrons. The number of carbonyl (C=O) groups is 1. The van der Waals surface area contributed by atoms with Gasteiger partial charge in [-0.3, -0.25) is 0 Å². The normalized spacial score (nSPS) is 12.3. The van der Waals surface area contributed by atoms with E-state index in [1.165, 1.54) is 18.9 Å². The first kappa shape index (κ1) is 17.3. The van der Waals surface area contributed by atoms with Crippen LogP contribution in [0.1, 0.15) is 45.1 Å². The lowest BCUT2D eigenvalue weighted by atomic mass is 10.0. The Kier molecular flexibility index (Phi) is 8.25. The Bertz CT molecular complexity index is 434. The largest absolute Gasteiger partial charge is 0.497 e.